The highest BCUT2D eigenvalue weighted by atomic mass is 16.4. The molecule has 1 atom stereocenters. The molecule has 2 fully saturated rings. The number of carboxylic acid groups (broad SMARTS) is 1. The first kappa shape index (κ1) is 14.6. The molecule has 0 aromatic heterocycles. The van der Waals surface area contributed by atoms with Gasteiger partial charge >= 0.3 is 5.97 Å². The van der Waals surface area contributed by atoms with Crippen LogP contribution in [-0.4, -0.2) is 35.0 Å². The van der Waals surface area contributed by atoms with Gasteiger partial charge in [-0.25, -0.2) is 0 Å². The van der Waals surface area contributed by atoms with Crippen LogP contribution in [0.2, 0.25) is 0 Å². The summed E-state index contributed by atoms with van der Waals surface area (Å²) < 4.78 is 0. The summed E-state index contributed by atoms with van der Waals surface area (Å²) in [5.74, 6) is -0.949. The molecule has 1 saturated heterocycles. The van der Waals surface area contributed by atoms with Gasteiger partial charge in [0, 0.05) is 18.7 Å². The summed E-state index contributed by atoms with van der Waals surface area (Å²) in [6.07, 6.45) is 2.59. The lowest BCUT2D eigenvalue weighted by atomic mass is 9.90. The number of benzene rings is 1. The topological polar surface area (TPSA) is 81.4 Å². The van der Waals surface area contributed by atoms with Crippen LogP contribution in [-0.2, 0) is 11.2 Å². The number of amides is 1. The molecule has 1 aromatic carbocycles. The molecule has 1 aliphatic heterocycles. The van der Waals surface area contributed by atoms with Crippen molar-refractivity contribution < 1.29 is 14.7 Å². The monoisotopic (exact) mass is 298 g/mol. The predicted octanol–water partition coefficient (Wildman–Crippen LogP) is 2.08. The number of likely N-dealkylation sites (tertiary alicyclic amines) is 1. The van der Waals surface area contributed by atoms with E-state index in [9.17, 15) is 9.59 Å². The SMILES string of the molecule is N#CCc1cccc(C(=O)N2CCC3(CC2)CC3C(=O)O)c1. The third kappa shape index (κ3) is 2.57. The Kier molecular flexibility index (Phi) is 3.61. The summed E-state index contributed by atoms with van der Waals surface area (Å²) in [4.78, 5) is 25.4. The molecule has 5 heteroatoms. The average molecular weight is 298 g/mol. The molecule has 114 valence electrons. The second-order valence-electron chi connectivity index (χ2n) is 6.28. The molecule has 1 aromatic rings. The van der Waals surface area contributed by atoms with Gasteiger partial charge in [-0.05, 0) is 42.4 Å². The number of carboxylic acids is 1. The van der Waals surface area contributed by atoms with E-state index in [4.69, 9.17) is 10.4 Å². The Morgan fingerprint density at radius 3 is 2.68 bits per heavy atom. The molecule has 3 rings (SSSR count). The summed E-state index contributed by atoms with van der Waals surface area (Å²) in [7, 11) is 0. The van der Waals surface area contributed by atoms with Gasteiger partial charge in [-0.15, -0.1) is 0 Å². The molecule has 1 aliphatic carbocycles. The summed E-state index contributed by atoms with van der Waals surface area (Å²) in [5.41, 5.74) is 1.38. The van der Waals surface area contributed by atoms with Gasteiger partial charge in [-0.2, -0.15) is 5.26 Å². The van der Waals surface area contributed by atoms with E-state index in [0.717, 1.165) is 24.8 Å². The van der Waals surface area contributed by atoms with Crippen molar-refractivity contribution in [2.75, 3.05) is 13.1 Å². The Labute approximate surface area is 129 Å². The molecule has 1 N–H and O–H groups in total. The molecule has 0 bridgehead atoms. The van der Waals surface area contributed by atoms with Gasteiger partial charge in [-0.1, -0.05) is 12.1 Å². The Bertz CT molecular complexity index is 654. The molecule has 5 nitrogen and oxygen atoms in total. The van der Waals surface area contributed by atoms with E-state index < -0.39 is 5.97 Å². The lowest BCUT2D eigenvalue weighted by molar-refractivity contribution is -0.139. The van der Waals surface area contributed by atoms with Gasteiger partial charge in [0.2, 0.25) is 0 Å². The van der Waals surface area contributed by atoms with Crippen molar-refractivity contribution in [3.8, 4) is 6.07 Å². The van der Waals surface area contributed by atoms with Crippen LogP contribution >= 0.6 is 0 Å². The van der Waals surface area contributed by atoms with Crippen LogP contribution in [0.3, 0.4) is 0 Å². The van der Waals surface area contributed by atoms with Crippen molar-refractivity contribution in [1.82, 2.24) is 4.90 Å². The quantitative estimate of drug-likeness (QED) is 0.926. The first-order chi connectivity index (χ1) is 10.6. The van der Waals surface area contributed by atoms with E-state index in [-0.39, 0.29) is 17.2 Å². The fourth-order valence-corrected chi connectivity index (χ4v) is 3.49. The number of nitrogens with zero attached hydrogens (tertiary/aromatic N) is 2. The van der Waals surface area contributed by atoms with Gasteiger partial charge in [0.25, 0.3) is 5.91 Å². The molecule has 1 unspecified atom stereocenters. The maximum absolute atomic E-state index is 12.5. The third-order valence-corrected chi connectivity index (χ3v) is 4.99. The molecule has 1 saturated carbocycles. The highest BCUT2D eigenvalue weighted by Crippen LogP contribution is 2.59. The number of hydrogen-bond donors (Lipinski definition) is 1. The Balaban J connectivity index is 1.64. The zero-order chi connectivity index (χ0) is 15.7. The van der Waals surface area contributed by atoms with E-state index in [1.165, 1.54) is 0 Å². The minimum atomic E-state index is -0.705. The van der Waals surface area contributed by atoms with Crippen LogP contribution in [0.4, 0.5) is 0 Å². The van der Waals surface area contributed by atoms with Gasteiger partial charge < -0.3 is 10.0 Å². The lowest BCUT2D eigenvalue weighted by Crippen LogP contribution is -2.40. The van der Waals surface area contributed by atoms with Crippen LogP contribution in [0.25, 0.3) is 0 Å². The largest absolute Gasteiger partial charge is 0.481 e. The second-order valence-corrected chi connectivity index (χ2v) is 6.28. The summed E-state index contributed by atoms with van der Waals surface area (Å²) in [6, 6.07) is 9.26. The minimum absolute atomic E-state index is 0.0258. The number of rotatable bonds is 3. The Morgan fingerprint density at radius 1 is 1.36 bits per heavy atom. The van der Waals surface area contributed by atoms with Crippen LogP contribution in [0.15, 0.2) is 24.3 Å². The van der Waals surface area contributed by atoms with Crippen molar-refractivity contribution in [3.63, 3.8) is 0 Å². The van der Waals surface area contributed by atoms with Crippen LogP contribution in [0.1, 0.15) is 35.2 Å². The summed E-state index contributed by atoms with van der Waals surface area (Å²) in [6.45, 7) is 1.23. The molecule has 22 heavy (non-hydrogen) atoms. The zero-order valence-electron chi connectivity index (χ0n) is 12.3. The maximum atomic E-state index is 12.5. The average Bonchev–Trinajstić information content (AvgIpc) is 3.22. The molecule has 0 radical (unpaired) electrons. The Morgan fingerprint density at radius 2 is 2.09 bits per heavy atom. The lowest BCUT2D eigenvalue weighted by Gasteiger charge is -2.32. The van der Waals surface area contributed by atoms with E-state index in [1.54, 1.807) is 23.1 Å². The van der Waals surface area contributed by atoms with E-state index in [0.29, 0.717) is 25.1 Å². The number of aliphatic carboxylic acids is 1. The number of carbonyl (C=O) groups is 2. The van der Waals surface area contributed by atoms with E-state index in [2.05, 4.69) is 6.07 Å². The first-order valence-electron chi connectivity index (χ1n) is 7.54. The van der Waals surface area contributed by atoms with Crippen molar-refractivity contribution >= 4 is 11.9 Å². The van der Waals surface area contributed by atoms with Crippen LogP contribution in [0, 0.1) is 22.7 Å². The standard InChI is InChI=1S/C17H18N2O3/c18-7-4-12-2-1-3-13(10-12)15(20)19-8-5-17(6-9-19)11-14(17)16(21)22/h1-3,10,14H,4-6,8-9,11H2,(H,21,22). The molecular formula is C17H18N2O3. The Hall–Kier alpha value is -2.35. The molecule has 1 amide bonds. The zero-order valence-corrected chi connectivity index (χ0v) is 12.3. The second kappa shape index (κ2) is 5.45. The van der Waals surface area contributed by atoms with Crippen molar-refractivity contribution in [2.24, 2.45) is 11.3 Å². The third-order valence-electron chi connectivity index (χ3n) is 4.99. The highest BCUT2D eigenvalue weighted by Gasteiger charge is 2.59. The van der Waals surface area contributed by atoms with Gasteiger partial charge in [0.1, 0.15) is 0 Å². The molecule has 1 heterocycles. The van der Waals surface area contributed by atoms with E-state index in [1.807, 2.05) is 6.07 Å². The minimum Gasteiger partial charge on any atom is -0.481 e. The first-order valence-corrected chi connectivity index (χ1v) is 7.54. The number of nitriles is 1. The van der Waals surface area contributed by atoms with Crippen molar-refractivity contribution in [3.05, 3.63) is 35.4 Å². The van der Waals surface area contributed by atoms with Gasteiger partial charge in [0.15, 0.2) is 0 Å². The van der Waals surface area contributed by atoms with E-state index >= 15 is 0 Å². The summed E-state index contributed by atoms with van der Waals surface area (Å²) >= 11 is 0. The maximum Gasteiger partial charge on any atom is 0.307 e. The van der Waals surface area contributed by atoms with Crippen molar-refractivity contribution in [2.45, 2.75) is 25.7 Å². The molecule has 1 spiro atoms. The van der Waals surface area contributed by atoms with Crippen molar-refractivity contribution in [1.29, 1.82) is 5.26 Å². The fraction of sp³-hybridized carbons (Fsp3) is 0.471. The highest BCUT2D eigenvalue weighted by molar-refractivity contribution is 5.94. The summed E-state index contributed by atoms with van der Waals surface area (Å²) in [5, 5.41) is 17.8. The smallest absolute Gasteiger partial charge is 0.307 e. The molecular weight excluding hydrogens is 280 g/mol. The molecule has 2 aliphatic rings. The van der Waals surface area contributed by atoms with Gasteiger partial charge in [-0.3, -0.25) is 9.59 Å². The normalized spacial score (nSPS) is 22.1. The number of carbonyl (C=O) groups excluding carboxylic acids is 1. The van der Waals surface area contributed by atoms with Gasteiger partial charge in [0.05, 0.1) is 18.4 Å². The number of piperidine rings is 1. The van der Waals surface area contributed by atoms with Crippen LogP contribution in [0.5, 0.6) is 0 Å². The fourth-order valence-electron chi connectivity index (χ4n) is 3.49. The predicted molar refractivity (Wildman–Crippen MR) is 79.1 cm³/mol. The van der Waals surface area contributed by atoms with Crippen LogP contribution < -0.4 is 0 Å². The number of hydrogen-bond acceptors (Lipinski definition) is 3.